The summed E-state index contributed by atoms with van der Waals surface area (Å²) in [7, 11) is 1.69. The Morgan fingerprint density at radius 2 is 2.00 bits per heavy atom. The Balaban J connectivity index is 2.00. The highest BCUT2D eigenvalue weighted by Crippen LogP contribution is 2.28. The summed E-state index contributed by atoms with van der Waals surface area (Å²) in [6.45, 7) is 1.06. The van der Waals surface area contributed by atoms with Gasteiger partial charge >= 0.3 is 0 Å². The van der Waals surface area contributed by atoms with Crippen LogP contribution in [0.5, 0.6) is 5.75 Å². The third-order valence-corrected chi connectivity index (χ3v) is 3.38. The molecule has 0 saturated heterocycles. The molecule has 0 spiro atoms. The van der Waals surface area contributed by atoms with Crippen molar-refractivity contribution in [3.8, 4) is 16.9 Å². The van der Waals surface area contributed by atoms with Crippen LogP contribution in [0, 0.1) is 0 Å². The Hall–Kier alpha value is -1.77. The zero-order valence-electron chi connectivity index (χ0n) is 10.0. The molecule has 0 unspecified atom stereocenters. The van der Waals surface area contributed by atoms with Crippen molar-refractivity contribution in [1.82, 2.24) is 9.78 Å². The minimum absolute atomic E-state index is 0.898. The number of aromatic nitrogens is 2. The Morgan fingerprint density at radius 1 is 1.18 bits per heavy atom. The molecule has 3 rings (SSSR count). The molecule has 0 amide bonds. The standard InChI is InChI=1S/C14H16N2O/c1-17-12-7-5-11(6-8-12)13-10-15-16-9-3-2-4-14(13)16/h5-8,10H,2-4,9H2,1H3. The van der Waals surface area contributed by atoms with Crippen molar-refractivity contribution < 1.29 is 4.74 Å². The molecule has 0 atom stereocenters. The zero-order valence-corrected chi connectivity index (χ0v) is 10.0. The average Bonchev–Trinajstić information content (AvgIpc) is 2.83. The molecule has 0 bridgehead atoms. The Kier molecular flexibility index (Phi) is 2.59. The topological polar surface area (TPSA) is 27.1 Å². The Morgan fingerprint density at radius 3 is 2.76 bits per heavy atom. The van der Waals surface area contributed by atoms with Crippen LogP contribution in [-0.4, -0.2) is 16.9 Å². The summed E-state index contributed by atoms with van der Waals surface area (Å²) in [5.41, 5.74) is 3.88. The molecule has 3 nitrogen and oxygen atoms in total. The van der Waals surface area contributed by atoms with Crippen LogP contribution < -0.4 is 4.74 Å². The minimum Gasteiger partial charge on any atom is -0.497 e. The molecular formula is C14H16N2O. The van der Waals surface area contributed by atoms with Crippen LogP contribution in [0.15, 0.2) is 30.5 Å². The predicted molar refractivity (Wildman–Crippen MR) is 67.2 cm³/mol. The second-order valence-corrected chi connectivity index (χ2v) is 4.41. The molecule has 2 aromatic rings. The first kappa shape index (κ1) is 10.4. The van der Waals surface area contributed by atoms with Gasteiger partial charge in [-0.3, -0.25) is 4.68 Å². The number of benzene rings is 1. The second kappa shape index (κ2) is 4.24. The first-order valence-electron chi connectivity index (χ1n) is 6.07. The molecule has 17 heavy (non-hydrogen) atoms. The van der Waals surface area contributed by atoms with Crippen molar-refractivity contribution in [1.29, 1.82) is 0 Å². The Bertz CT molecular complexity index is 514. The minimum atomic E-state index is 0.898. The van der Waals surface area contributed by atoms with Crippen LogP contribution >= 0.6 is 0 Å². The molecule has 0 N–H and O–H groups in total. The molecule has 2 heterocycles. The molecule has 1 aromatic carbocycles. The number of methoxy groups -OCH3 is 1. The number of rotatable bonds is 2. The van der Waals surface area contributed by atoms with Crippen LogP contribution in [-0.2, 0) is 13.0 Å². The molecule has 88 valence electrons. The number of nitrogens with zero attached hydrogens (tertiary/aromatic N) is 2. The first-order chi connectivity index (χ1) is 8.38. The van der Waals surface area contributed by atoms with E-state index in [1.54, 1.807) is 7.11 Å². The smallest absolute Gasteiger partial charge is 0.118 e. The summed E-state index contributed by atoms with van der Waals surface area (Å²) in [6.07, 6.45) is 5.65. The average molecular weight is 228 g/mol. The monoisotopic (exact) mass is 228 g/mol. The lowest BCUT2D eigenvalue weighted by Gasteiger charge is -2.14. The summed E-state index contributed by atoms with van der Waals surface area (Å²) in [4.78, 5) is 0. The van der Waals surface area contributed by atoms with Crippen LogP contribution in [0.2, 0.25) is 0 Å². The fourth-order valence-corrected chi connectivity index (χ4v) is 2.43. The summed E-state index contributed by atoms with van der Waals surface area (Å²) < 4.78 is 7.32. The maximum absolute atomic E-state index is 5.18. The molecular weight excluding hydrogens is 212 g/mol. The molecule has 0 radical (unpaired) electrons. The lowest BCUT2D eigenvalue weighted by atomic mass is 10.0. The molecule has 1 aliphatic heterocycles. The zero-order chi connectivity index (χ0) is 11.7. The van der Waals surface area contributed by atoms with Gasteiger partial charge in [0.15, 0.2) is 0 Å². The van der Waals surface area contributed by atoms with Gasteiger partial charge in [-0.2, -0.15) is 5.10 Å². The van der Waals surface area contributed by atoms with E-state index in [9.17, 15) is 0 Å². The largest absolute Gasteiger partial charge is 0.497 e. The van der Waals surface area contributed by atoms with Gasteiger partial charge < -0.3 is 4.74 Å². The van der Waals surface area contributed by atoms with Gasteiger partial charge in [-0.15, -0.1) is 0 Å². The summed E-state index contributed by atoms with van der Waals surface area (Å²) in [5, 5.41) is 4.46. The van der Waals surface area contributed by atoms with Crippen LogP contribution in [0.1, 0.15) is 18.5 Å². The van der Waals surface area contributed by atoms with Gasteiger partial charge in [0.05, 0.1) is 13.3 Å². The molecule has 3 heteroatoms. The van der Waals surface area contributed by atoms with E-state index in [-0.39, 0.29) is 0 Å². The third-order valence-electron chi connectivity index (χ3n) is 3.38. The van der Waals surface area contributed by atoms with Gasteiger partial charge in [0.2, 0.25) is 0 Å². The van der Waals surface area contributed by atoms with E-state index in [1.807, 2.05) is 18.3 Å². The van der Waals surface area contributed by atoms with Gasteiger partial charge in [-0.05, 0) is 37.0 Å². The number of hydrogen-bond acceptors (Lipinski definition) is 2. The fraction of sp³-hybridized carbons (Fsp3) is 0.357. The van der Waals surface area contributed by atoms with Crippen molar-refractivity contribution >= 4 is 0 Å². The lowest BCUT2D eigenvalue weighted by Crippen LogP contribution is -2.11. The van der Waals surface area contributed by atoms with E-state index in [0.717, 1.165) is 18.7 Å². The second-order valence-electron chi connectivity index (χ2n) is 4.41. The summed E-state index contributed by atoms with van der Waals surface area (Å²) >= 11 is 0. The van der Waals surface area contributed by atoms with E-state index >= 15 is 0 Å². The Labute approximate surface area is 101 Å². The van der Waals surface area contributed by atoms with Crippen LogP contribution in [0.4, 0.5) is 0 Å². The van der Waals surface area contributed by atoms with Crippen molar-refractivity contribution in [2.24, 2.45) is 0 Å². The van der Waals surface area contributed by atoms with E-state index < -0.39 is 0 Å². The van der Waals surface area contributed by atoms with Crippen LogP contribution in [0.25, 0.3) is 11.1 Å². The number of hydrogen-bond donors (Lipinski definition) is 0. The van der Waals surface area contributed by atoms with E-state index in [4.69, 9.17) is 4.74 Å². The molecule has 1 aromatic heterocycles. The number of fused-ring (bicyclic) bond motifs is 1. The van der Waals surface area contributed by atoms with Crippen molar-refractivity contribution in [3.63, 3.8) is 0 Å². The molecule has 0 fully saturated rings. The van der Waals surface area contributed by atoms with Crippen molar-refractivity contribution in [2.45, 2.75) is 25.8 Å². The number of ether oxygens (including phenoxy) is 1. The first-order valence-corrected chi connectivity index (χ1v) is 6.07. The molecule has 0 aliphatic carbocycles. The molecule has 1 aliphatic rings. The fourth-order valence-electron chi connectivity index (χ4n) is 2.43. The van der Waals surface area contributed by atoms with Gasteiger partial charge in [0.25, 0.3) is 0 Å². The van der Waals surface area contributed by atoms with E-state index in [0.29, 0.717) is 0 Å². The maximum atomic E-state index is 5.18. The molecule has 0 saturated carbocycles. The summed E-state index contributed by atoms with van der Waals surface area (Å²) in [5.74, 6) is 0.898. The van der Waals surface area contributed by atoms with Crippen molar-refractivity contribution in [3.05, 3.63) is 36.2 Å². The quantitative estimate of drug-likeness (QED) is 0.790. The SMILES string of the molecule is COc1ccc(-c2cnn3c2CCCC3)cc1. The normalized spacial score (nSPS) is 14.4. The highest BCUT2D eigenvalue weighted by molar-refractivity contribution is 5.66. The van der Waals surface area contributed by atoms with E-state index in [1.165, 1.54) is 29.7 Å². The summed E-state index contributed by atoms with van der Waals surface area (Å²) in [6, 6.07) is 8.21. The van der Waals surface area contributed by atoms with Gasteiger partial charge in [-0.1, -0.05) is 12.1 Å². The van der Waals surface area contributed by atoms with Gasteiger partial charge in [-0.25, -0.2) is 0 Å². The lowest BCUT2D eigenvalue weighted by molar-refractivity contribution is 0.415. The highest BCUT2D eigenvalue weighted by Gasteiger charge is 2.15. The predicted octanol–water partition coefficient (Wildman–Crippen LogP) is 2.90. The van der Waals surface area contributed by atoms with E-state index in [2.05, 4.69) is 21.9 Å². The van der Waals surface area contributed by atoms with Crippen molar-refractivity contribution in [2.75, 3.05) is 7.11 Å². The maximum Gasteiger partial charge on any atom is 0.118 e. The van der Waals surface area contributed by atoms with Gasteiger partial charge in [0, 0.05) is 17.8 Å². The highest BCUT2D eigenvalue weighted by atomic mass is 16.5. The number of aryl methyl sites for hydroxylation is 1. The third kappa shape index (κ3) is 1.82. The van der Waals surface area contributed by atoms with Crippen LogP contribution in [0.3, 0.4) is 0 Å². The van der Waals surface area contributed by atoms with Gasteiger partial charge in [0.1, 0.15) is 5.75 Å².